The molecule has 3 N–H and O–H groups in total. The standard InChI is InChI=1S/C10H15ClN4O2/c1-5(2)15-10(17)8(11)7(4-13-15)14-6(3)9(12)16/h4-6,14H,1-3H3,(H2,12,16). The Morgan fingerprint density at radius 2 is 2.12 bits per heavy atom. The van der Waals surface area contributed by atoms with Gasteiger partial charge in [-0.2, -0.15) is 5.10 Å². The molecule has 6 nitrogen and oxygen atoms in total. The van der Waals surface area contributed by atoms with Crippen molar-refractivity contribution in [1.82, 2.24) is 9.78 Å². The smallest absolute Gasteiger partial charge is 0.287 e. The summed E-state index contributed by atoms with van der Waals surface area (Å²) in [7, 11) is 0. The van der Waals surface area contributed by atoms with Crippen LogP contribution in [0.25, 0.3) is 0 Å². The topological polar surface area (TPSA) is 90.0 Å². The molecule has 0 fully saturated rings. The third kappa shape index (κ3) is 2.97. The van der Waals surface area contributed by atoms with Crippen LogP contribution in [-0.2, 0) is 4.79 Å². The maximum atomic E-state index is 11.8. The molecule has 1 rings (SSSR count). The molecule has 94 valence electrons. The first kappa shape index (κ1) is 13.5. The third-order valence-corrected chi connectivity index (χ3v) is 2.60. The Morgan fingerprint density at radius 1 is 1.53 bits per heavy atom. The highest BCUT2D eigenvalue weighted by Gasteiger charge is 2.14. The molecule has 1 amide bonds. The number of carbonyl (C=O) groups excluding carboxylic acids is 1. The van der Waals surface area contributed by atoms with Crippen molar-refractivity contribution in [3.8, 4) is 0 Å². The minimum absolute atomic E-state index is 0.00167. The number of amides is 1. The minimum atomic E-state index is -0.622. The summed E-state index contributed by atoms with van der Waals surface area (Å²) in [4.78, 5) is 22.7. The van der Waals surface area contributed by atoms with Crippen LogP contribution < -0.4 is 16.6 Å². The van der Waals surface area contributed by atoms with Crippen LogP contribution in [0.2, 0.25) is 5.02 Å². The lowest BCUT2D eigenvalue weighted by Crippen LogP contribution is -2.34. The molecular weight excluding hydrogens is 244 g/mol. The van der Waals surface area contributed by atoms with E-state index in [-0.39, 0.29) is 11.1 Å². The first-order valence-electron chi connectivity index (χ1n) is 5.17. The number of hydrogen-bond donors (Lipinski definition) is 2. The Kier molecular flexibility index (Phi) is 4.11. The number of aromatic nitrogens is 2. The minimum Gasteiger partial charge on any atom is -0.371 e. The summed E-state index contributed by atoms with van der Waals surface area (Å²) in [6.07, 6.45) is 1.41. The normalized spacial score (nSPS) is 12.5. The predicted octanol–water partition coefficient (Wildman–Crippen LogP) is 0.763. The molecule has 1 heterocycles. The maximum absolute atomic E-state index is 11.8. The number of nitrogens with one attached hydrogen (secondary N) is 1. The Morgan fingerprint density at radius 3 is 2.59 bits per heavy atom. The van der Waals surface area contributed by atoms with Crippen molar-refractivity contribution in [2.75, 3.05) is 5.32 Å². The number of rotatable bonds is 4. The van der Waals surface area contributed by atoms with Gasteiger partial charge in [0.25, 0.3) is 5.56 Å². The van der Waals surface area contributed by atoms with E-state index in [4.69, 9.17) is 17.3 Å². The van der Waals surface area contributed by atoms with Gasteiger partial charge in [-0.25, -0.2) is 4.68 Å². The fourth-order valence-electron chi connectivity index (χ4n) is 1.22. The number of carbonyl (C=O) groups is 1. The summed E-state index contributed by atoms with van der Waals surface area (Å²) in [6, 6.07) is -0.703. The van der Waals surface area contributed by atoms with Gasteiger partial charge in [-0.05, 0) is 20.8 Å². The highest BCUT2D eigenvalue weighted by molar-refractivity contribution is 6.33. The summed E-state index contributed by atoms with van der Waals surface area (Å²) in [5.41, 5.74) is 5.01. The largest absolute Gasteiger partial charge is 0.371 e. The molecule has 1 aromatic heterocycles. The van der Waals surface area contributed by atoms with Crippen LogP contribution in [0.4, 0.5) is 5.69 Å². The number of nitrogens with two attached hydrogens (primary N) is 1. The zero-order valence-electron chi connectivity index (χ0n) is 9.90. The van der Waals surface area contributed by atoms with Crippen molar-refractivity contribution in [1.29, 1.82) is 0 Å². The van der Waals surface area contributed by atoms with Gasteiger partial charge in [0.1, 0.15) is 11.1 Å². The van der Waals surface area contributed by atoms with Gasteiger partial charge >= 0.3 is 0 Å². The van der Waals surface area contributed by atoms with E-state index in [0.717, 1.165) is 0 Å². The number of primary amides is 1. The van der Waals surface area contributed by atoms with E-state index < -0.39 is 17.5 Å². The molecule has 0 saturated carbocycles. The van der Waals surface area contributed by atoms with E-state index in [1.54, 1.807) is 6.92 Å². The number of halogens is 1. The molecule has 0 radical (unpaired) electrons. The van der Waals surface area contributed by atoms with Crippen LogP contribution in [0.3, 0.4) is 0 Å². The van der Waals surface area contributed by atoms with Crippen LogP contribution in [-0.4, -0.2) is 21.7 Å². The molecular formula is C10H15ClN4O2. The van der Waals surface area contributed by atoms with Gasteiger partial charge < -0.3 is 11.1 Å². The lowest BCUT2D eigenvalue weighted by molar-refractivity contribution is -0.118. The highest BCUT2D eigenvalue weighted by Crippen LogP contribution is 2.17. The second-order valence-electron chi connectivity index (χ2n) is 3.98. The van der Waals surface area contributed by atoms with Crippen molar-refractivity contribution in [2.24, 2.45) is 5.73 Å². The molecule has 0 bridgehead atoms. The van der Waals surface area contributed by atoms with E-state index in [0.29, 0.717) is 5.69 Å². The van der Waals surface area contributed by atoms with Gasteiger partial charge in [0, 0.05) is 0 Å². The average molecular weight is 259 g/mol. The fraction of sp³-hybridized carbons (Fsp3) is 0.500. The Balaban J connectivity index is 3.09. The average Bonchev–Trinajstić information content (AvgIpc) is 2.24. The third-order valence-electron chi connectivity index (χ3n) is 2.23. The molecule has 0 aliphatic rings. The monoisotopic (exact) mass is 258 g/mol. The molecule has 0 spiro atoms. The molecule has 17 heavy (non-hydrogen) atoms. The van der Waals surface area contributed by atoms with Crippen molar-refractivity contribution in [3.05, 3.63) is 21.6 Å². The molecule has 1 atom stereocenters. The fourth-order valence-corrected chi connectivity index (χ4v) is 1.41. The van der Waals surface area contributed by atoms with Gasteiger partial charge in [-0.3, -0.25) is 9.59 Å². The molecule has 0 aliphatic carbocycles. The lowest BCUT2D eigenvalue weighted by atomic mass is 10.3. The van der Waals surface area contributed by atoms with Gasteiger partial charge in [-0.1, -0.05) is 11.6 Å². The first-order valence-corrected chi connectivity index (χ1v) is 5.55. The van der Waals surface area contributed by atoms with Crippen molar-refractivity contribution < 1.29 is 4.79 Å². The highest BCUT2D eigenvalue weighted by atomic mass is 35.5. The summed E-state index contributed by atoms with van der Waals surface area (Å²) in [6.45, 7) is 5.22. The molecule has 0 aromatic carbocycles. The quantitative estimate of drug-likeness (QED) is 0.834. The van der Waals surface area contributed by atoms with Gasteiger partial charge in [0.2, 0.25) is 5.91 Å². The molecule has 0 saturated heterocycles. The molecule has 7 heteroatoms. The summed E-state index contributed by atoms with van der Waals surface area (Å²) in [5, 5.41) is 6.69. The number of hydrogen-bond acceptors (Lipinski definition) is 4. The lowest BCUT2D eigenvalue weighted by Gasteiger charge is -2.14. The second kappa shape index (κ2) is 5.18. The van der Waals surface area contributed by atoms with E-state index in [1.165, 1.54) is 10.9 Å². The van der Waals surface area contributed by atoms with Crippen LogP contribution in [0.5, 0.6) is 0 Å². The molecule has 0 aliphatic heterocycles. The first-order chi connectivity index (χ1) is 7.84. The van der Waals surface area contributed by atoms with Crippen LogP contribution >= 0.6 is 11.6 Å². The van der Waals surface area contributed by atoms with E-state index >= 15 is 0 Å². The van der Waals surface area contributed by atoms with Crippen LogP contribution in [0.1, 0.15) is 26.8 Å². The predicted molar refractivity (Wildman–Crippen MR) is 66.2 cm³/mol. The SMILES string of the molecule is CC(Nc1cnn(C(C)C)c(=O)c1Cl)C(N)=O. The molecule has 1 aromatic rings. The summed E-state index contributed by atoms with van der Waals surface area (Å²) < 4.78 is 1.27. The summed E-state index contributed by atoms with van der Waals surface area (Å²) in [5.74, 6) is -0.533. The van der Waals surface area contributed by atoms with Crippen LogP contribution in [0.15, 0.2) is 11.0 Å². The van der Waals surface area contributed by atoms with E-state index in [2.05, 4.69) is 10.4 Å². The summed E-state index contributed by atoms with van der Waals surface area (Å²) >= 11 is 5.90. The van der Waals surface area contributed by atoms with E-state index in [1.807, 2.05) is 13.8 Å². The van der Waals surface area contributed by atoms with Gasteiger partial charge in [0.05, 0.1) is 17.9 Å². The number of anilines is 1. The Hall–Kier alpha value is -1.56. The zero-order valence-corrected chi connectivity index (χ0v) is 10.7. The zero-order chi connectivity index (χ0) is 13.2. The maximum Gasteiger partial charge on any atom is 0.287 e. The van der Waals surface area contributed by atoms with Crippen LogP contribution in [0, 0.1) is 0 Å². The Bertz CT molecular complexity index is 484. The van der Waals surface area contributed by atoms with Gasteiger partial charge in [0.15, 0.2) is 0 Å². The van der Waals surface area contributed by atoms with Crippen molar-refractivity contribution in [3.63, 3.8) is 0 Å². The van der Waals surface area contributed by atoms with Crippen molar-refractivity contribution in [2.45, 2.75) is 32.9 Å². The second-order valence-corrected chi connectivity index (χ2v) is 4.36. The number of nitrogens with zero attached hydrogens (tertiary/aromatic N) is 2. The van der Waals surface area contributed by atoms with E-state index in [9.17, 15) is 9.59 Å². The molecule has 1 unspecified atom stereocenters. The van der Waals surface area contributed by atoms with Gasteiger partial charge in [-0.15, -0.1) is 0 Å². The Labute approximate surface area is 104 Å². The van der Waals surface area contributed by atoms with Crippen molar-refractivity contribution >= 4 is 23.2 Å².